The maximum atomic E-state index is 11.2. The Morgan fingerprint density at radius 1 is 1.50 bits per heavy atom. The number of nitrogens with zero attached hydrogens (tertiary/aromatic N) is 1. The predicted octanol–water partition coefficient (Wildman–Crippen LogP) is 1.19. The highest BCUT2D eigenvalue weighted by Crippen LogP contribution is 2.10. The highest BCUT2D eigenvalue weighted by molar-refractivity contribution is 5.90. The number of rotatable bonds is 4. The second kappa shape index (κ2) is 5.25. The molecule has 0 aliphatic rings. The van der Waals surface area contributed by atoms with E-state index in [1.807, 2.05) is 0 Å². The van der Waals surface area contributed by atoms with Gasteiger partial charge in [0.05, 0.1) is 24.3 Å². The Bertz CT molecular complexity index is 414. The predicted molar refractivity (Wildman–Crippen MR) is 56.3 cm³/mol. The Hall–Kier alpha value is -1.91. The topological polar surface area (TPSA) is 76.5 Å². The van der Waals surface area contributed by atoms with Gasteiger partial charge in [-0.25, -0.2) is 4.79 Å². The molecule has 1 aromatic rings. The van der Waals surface area contributed by atoms with E-state index in [-0.39, 0.29) is 24.3 Å². The zero-order chi connectivity index (χ0) is 12.1. The van der Waals surface area contributed by atoms with Crippen molar-refractivity contribution in [2.45, 2.75) is 20.3 Å². The normalized spacial score (nSPS) is 9.88. The van der Waals surface area contributed by atoms with Crippen LogP contribution in [0, 0.1) is 6.92 Å². The summed E-state index contributed by atoms with van der Waals surface area (Å²) in [6, 6.07) is 1.49. The van der Waals surface area contributed by atoms with E-state index < -0.39 is 11.9 Å². The van der Waals surface area contributed by atoms with Crippen molar-refractivity contribution >= 4 is 11.9 Å². The van der Waals surface area contributed by atoms with Gasteiger partial charge in [-0.1, -0.05) is 0 Å². The Balaban J connectivity index is 2.95. The summed E-state index contributed by atoms with van der Waals surface area (Å²) >= 11 is 0. The lowest BCUT2D eigenvalue weighted by molar-refractivity contribution is -0.142. The smallest absolute Gasteiger partial charge is 0.337 e. The Kier molecular flexibility index (Phi) is 3.99. The van der Waals surface area contributed by atoms with Crippen LogP contribution in [0.1, 0.15) is 28.5 Å². The molecule has 0 radical (unpaired) electrons. The molecule has 0 amide bonds. The summed E-state index contributed by atoms with van der Waals surface area (Å²) in [5.41, 5.74) is 1.02. The van der Waals surface area contributed by atoms with Crippen molar-refractivity contribution in [1.82, 2.24) is 4.98 Å². The van der Waals surface area contributed by atoms with Gasteiger partial charge in [0.2, 0.25) is 0 Å². The Morgan fingerprint density at radius 3 is 2.75 bits per heavy atom. The third kappa shape index (κ3) is 3.05. The van der Waals surface area contributed by atoms with E-state index in [1.54, 1.807) is 13.8 Å². The number of carbonyl (C=O) groups is 2. The van der Waals surface area contributed by atoms with Crippen molar-refractivity contribution in [2.75, 3.05) is 6.61 Å². The molecule has 16 heavy (non-hydrogen) atoms. The lowest BCUT2D eigenvalue weighted by Crippen LogP contribution is -2.13. The number of carboxylic acid groups (broad SMARTS) is 1. The summed E-state index contributed by atoms with van der Waals surface area (Å²) in [5, 5.41) is 8.94. The monoisotopic (exact) mass is 223 g/mol. The molecule has 0 fully saturated rings. The van der Waals surface area contributed by atoms with Crippen LogP contribution in [0.4, 0.5) is 0 Å². The average molecular weight is 223 g/mol. The fourth-order valence-electron chi connectivity index (χ4n) is 1.27. The average Bonchev–Trinajstić information content (AvgIpc) is 2.20. The van der Waals surface area contributed by atoms with Crippen molar-refractivity contribution in [3.63, 3.8) is 0 Å². The summed E-state index contributed by atoms with van der Waals surface area (Å²) in [5.74, 6) is -1.56. The first-order chi connectivity index (χ1) is 7.54. The number of ether oxygens (including phenoxy) is 1. The molecular weight excluding hydrogens is 210 g/mol. The molecule has 0 atom stereocenters. The second-order valence-corrected chi connectivity index (χ2v) is 3.29. The molecule has 0 bridgehead atoms. The van der Waals surface area contributed by atoms with E-state index in [0.717, 1.165) is 5.56 Å². The Morgan fingerprint density at radius 2 is 2.19 bits per heavy atom. The van der Waals surface area contributed by atoms with Crippen molar-refractivity contribution in [3.8, 4) is 0 Å². The van der Waals surface area contributed by atoms with Crippen LogP contribution < -0.4 is 0 Å². The molecule has 1 heterocycles. The minimum Gasteiger partial charge on any atom is -0.478 e. The van der Waals surface area contributed by atoms with Gasteiger partial charge in [-0.2, -0.15) is 0 Å². The van der Waals surface area contributed by atoms with Crippen molar-refractivity contribution in [1.29, 1.82) is 0 Å². The lowest BCUT2D eigenvalue weighted by atomic mass is 10.1. The standard InChI is InChI=1S/C11H13NO4/c1-3-16-10(13)5-9-8(11(14)15)4-7(2)6-12-9/h4,6H,3,5H2,1-2H3,(H,14,15). The summed E-state index contributed by atoms with van der Waals surface area (Å²) in [6.07, 6.45) is 1.41. The van der Waals surface area contributed by atoms with E-state index in [0.29, 0.717) is 0 Å². The van der Waals surface area contributed by atoms with Crippen molar-refractivity contribution in [3.05, 3.63) is 29.1 Å². The van der Waals surface area contributed by atoms with E-state index in [9.17, 15) is 9.59 Å². The van der Waals surface area contributed by atoms with Gasteiger partial charge in [-0.15, -0.1) is 0 Å². The number of carbonyl (C=O) groups excluding carboxylic acids is 1. The largest absolute Gasteiger partial charge is 0.478 e. The highest BCUT2D eigenvalue weighted by atomic mass is 16.5. The third-order valence-corrected chi connectivity index (χ3v) is 1.95. The van der Waals surface area contributed by atoms with Crippen molar-refractivity contribution in [2.24, 2.45) is 0 Å². The fraction of sp³-hybridized carbons (Fsp3) is 0.364. The summed E-state index contributed by atoms with van der Waals surface area (Å²) in [6.45, 7) is 3.71. The molecule has 1 rings (SSSR count). The second-order valence-electron chi connectivity index (χ2n) is 3.29. The van der Waals surface area contributed by atoms with Gasteiger partial charge in [0.1, 0.15) is 0 Å². The SMILES string of the molecule is CCOC(=O)Cc1ncc(C)cc1C(=O)O. The molecule has 0 unspecified atom stereocenters. The molecule has 0 spiro atoms. The van der Waals surface area contributed by atoms with E-state index in [2.05, 4.69) is 4.98 Å². The van der Waals surface area contributed by atoms with Gasteiger partial charge < -0.3 is 9.84 Å². The fourth-order valence-corrected chi connectivity index (χ4v) is 1.27. The molecule has 1 aromatic heterocycles. The van der Waals surface area contributed by atoms with Gasteiger partial charge >= 0.3 is 11.9 Å². The summed E-state index contributed by atoms with van der Waals surface area (Å²) in [7, 11) is 0. The van der Waals surface area contributed by atoms with Crippen LogP contribution in [0.15, 0.2) is 12.3 Å². The van der Waals surface area contributed by atoms with Crippen LogP contribution in [0.2, 0.25) is 0 Å². The molecule has 0 saturated heterocycles. The van der Waals surface area contributed by atoms with Gasteiger partial charge in [0.15, 0.2) is 0 Å². The zero-order valence-corrected chi connectivity index (χ0v) is 9.19. The number of hydrogen-bond acceptors (Lipinski definition) is 4. The number of aromatic nitrogens is 1. The molecule has 86 valence electrons. The number of aromatic carboxylic acids is 1. The van der Waals surface area contributed by atoms with Crippen LogP contribution in [-0.4, -0.2) is 28.6 Å². The maximum absolute atomic E-state index is 11.2. The van der Waals surface area contributed by atoms with E-state index >= 15 is 0 Å². The highest BCUT2D eigenvalue weighted by Gasteiger charge is 2.15. The van der Waals surface area contributed by atoms with Crippen LogP contribution in [0.5, 0.6) is 0 Å². The van der Waals surface area contributed by atoms with Crippen LogP contribution in [0.25, 0.3) is 0 Å². The molecule has 0 aliphatic carbocycles. The van der Waals surface area contributed by atoms with E-state index in [1.165, 1.54) is 12.3 Å². The quantitative estimate of drug-likeness (QED) is 0.776. The van der Waals surface area contributed by atoms with Crippen molar-refractivity contribution < 1.29 is 19.4 Å². The zero-order valence-electron chi connectivity index (χ0n) is 9.19. The van der Waals surface area contributed by atoms with E-state index in [4.69, 9.17) is 9.84 Å². The van der Waals surface area contributed by atoms with Crippen LogP contribution in [0.3, 0.4) is 0 Å². The first-order valence-electron chi connectivity index (χ1n) is 4.89. The van der Waals surface area contributed by atoms with Crippen LogP contribution in [-0.2, 0) is 16.0 Å². The summed E-state index contributed by atoms with van der Waals surface area (Å²) < 4.78 is 4.74. The maximum Gasteiger partial charge on any atom is 0.337 e. The number of pyridine rings is 1. The number of esters is 1. The molecule has 0 aromatic carbocycles. The van der Waals surface area contributed by atoms with Crippen LogP contribution >= 0.6 is 0 Å². The molecule has 5 nitrogen and oxygen atoms in total. The summed E-state index contributed by atoms with van der Waals surface area (Å²) in [4.78, 5) is 26.1. The molecule has 1 N–H and O–H groups in total. The minimum atomic E-state index is -1.09. The first kappa shape index (κ1) is 12.2. The Labute approximate surface area is 93.1 Å². The molecule has 5 heteroatoms. The van der Waals surface area contributed by atoms with Gasteiger partial charge in [0, 0.05) is 6.20 Å². The first-order valence-corrected chi connectivity index (χ1v) is 4.89. The molecule has 0 saturated carbocycles. The van der Waals surface area contributed by atoms with Gasteiger partial charge in [-0.05, 0) is 25.5 Å². The molecule has 0 aliphatic heterocycles. The minimum absolute atomic E-state index is 0.0491. The molecular formula is C11H13NO4. The number of carboxylic acids is 1. The number of aryl methyl sites for hydroxylation is 1. The third-order valence-electron chi connectivity index (χ3n) is 1.95. The number of hydrogen-bond donors (Lipinski definition) is 1. The van der Waals surface area contributed by atoms with Gasteiger partial charge in [-0.3, -0.25) is 9.78 Å². The van der Waals surface area contributed by atoms with Gasteiger partial charge in [0.25, 0.3) is 0 Å². The lowest BCUT2D eigenvalue weighted by Gasteiger charge is -2.05.